The van der Waals surface area contributed by atoms with Crippen molar-refractivity contribution in [1.29, 1.82) is 5.26 Å². The zero-order valence-corrected chi connectivity index (χ0v) is 14.8. The van der Waals surface area contributed by atoms with Crippen LogP contribution in [-0.2, 0) is 11.3 Å². The molecule has 1 aromatic heterocycles. The van der Waals surface area contributed by atoms with Crippen LogP contribution in [0.5, 0.6) is 5.75 Å². The number of aromatic nitrogens is 2. The Morgan fingerprint density at radius 2 is 1.96 bits per heavy atom. The van der Waals surface area contributed by atoms with Gasteiger partial charge in [0.05, 0.1) is 25.5 Å². The van der Waals surface area contributed by atoms with Gasteiger partial charge in [0, 0.05) is 11.8 Å². The third kappa shape index (κ3) is 4.61. The molecule has 2 aromatic carbocycles. The van der Waals surface area contributed by atoms with Gasteiger partial charge in [0.2, 0.25) is 0 Å². The van der Waals surface area contributed by atoms with Crippen LogP contribution in [0.2, 0.25) is 0 Å². The van der Waals surface area contributed by atoms with Gasteiger partial charge in [0.1, 0.15) is 17.4 Å². The fourth-order valence-corrected chi connectivity index (χ4v) is 2.56. The van der Waals surface area contributed by atoms with Crippen molar-refractivity contribution in [2.75, 3.05) is 12.4 Å². The Morgan fingerprint density at radius 1 is 1.22 bits per heavy atom. The molecule has 1 N–H and O–H groups in total. The van der Waals surface area contributed by atoms with Crippen LogP contribution in [0.25, 0.3) is 6.08 Å². The van der Waals surface area contributed by atoms with Gasteiger partial charge in [-0.1, -0.05) is 42.5 Å². The molecule has 0 saturated carbocycles. The van der Waals surface area contributed by atoms with Crippen molar-refractivity contribution >= 4 is 17.7 Å². The van der Waals surface area contributed by atoms with Crippen LogP contribution >= 0.6 is 0 Å². The zero-order valence-electron chi connectivity index (χ0n) is 14.8. The summed E-state index contributed by atoms with van der Waals surface area (Å²) < 4.78 is 6.97. The summed E-state index contributed by atoms with van der Waals surface area (Å²) in [6.45, 7) is 0.615. The summed E-state index contributed by atoms with van der Waals surface area (Å²) >= 11 is 0. The molecule has 0 spiro atoms. The number of nitrogens with zero attached hydrogens (tertiary/aromatic N) is 3. The lowest BCUT2D eigenvalue weighted by atomic mass is 10.2. The number of amides is 1. The number of rotatable bonds is 6. The van der Waals surface area contributed by atoms with Crippen LogP contribution in [0, 0.1) is 11.3 Å². The predicted molar refractivity (Wildman–Crippen MR) is 103 cm³/mol. The molecule has 0 aliphatic carbocycles. The summed E-state index contributed by atoms with van der Waals surface area (Å²) in [4.78, 5) is 12.4. The fourth-order valence-electron chi connectivity index (χ4n) is 2.56. The Bertz CT molecular complexity index is 1000. The van der Waals surface area contributed by atoms with E-state index in [1.54, 1.807) is 41.3 Å². The second-order valence-electron chi connectivity index (χ2n) is 5.78. The van der Waals surface area contributed by atoms with Crippen molar-refractivity contribution in [2.45, 2.75) is 6.54 Å². The van der Waals surface area contributed by atoms with E-state index in [2.05, 4.69) is 10.4 Å². The van der Waals surface area contributed by atoms with Gasteiger partial charge in [-0.05, 0) is 23.8 Å². The molecule has 1 heterocycles. The summed E-state index contributed by atoms with van der Waals surface area (Å²) in [6, 6.07) is 18.9. The molecule has 0 aliphatic heterocycles. The average molecular weight is 358 g/mol. The molecule has 0 unspecified atom stereocenters. The lowest BCUT2D eigenvalue weighted by Gasteiger charge is -2.08. The van der Waals surface area contributed by atoms with Gasteiger partial charge in [0.15, 0.2) is 0 Å². The molecule has 0 fully saturated rings. The molecule has 3 rings (SSSR count). The average Bonchev–Trinajstić information content (AvgIpc) is 3.14. The summed E-state index contributed by atoms with van der Waals surface area (Å²) in [6.07, 6.45) is 4.93. The SMILES string of the molecule is COc1ccccc1NC(=O)C(C#N)=Cc1cnn(Cc2ccccc2)c1. The fraction of sp³-hybridized carbons (Fsp3) is 0.0952. The van der Waals surface area contributed by atoms with Crippen LogP contribution in [0.1, 0.15) is 11.1 Å². The molecule has 0 atom stereocenters. The predicted octanol–water partition coefficient (Wildman–Crippen LogP) is 3.49. The van der Waals surface area contributed by atoms with Crippen molar-refractivity contribution in [3.63, 3.8) is 0 Å². The van der Waals surface area contributed by atoms with E-state index in [0.717, 1.165) is 5.56 Å². The maximum atomic E-state index is 12.4. The minimum atomic E-state index is -0.502. The third-order valence-corrected chi connectivity index (χ3v) is 3.87. The van der Waals surface area contributed by atoms with Gasteiger partial charge >= 0.3 is 0 Å². The molecule has 6 heteroatoms. The molecule has 0 radical (unpaired) electrons. The Balaban J connectivity index is 1.74. The quantitative estimate of drug-likeness (QED) is 0.540. The van der Waals surface area contributed by atoms with Crippen molar-refractivity contribution < 1.29 is 9.53 Å². The van der Waals surface area contributed by atoms with Gasteiger partial charge in [-0.2, -0.15) is 10.4 Å². The Morgan fingerprint density at radius 3 is 2.70 bits per heavy atom. The summed E-state index contributed by atoms with van der Waals surface area (Å²) in [5.41, 5.74) is 2.29. The topological polar surface area (TPSA) is 79.9 Å². The molecular weight excluding hydrogens is 340 g/mol. The molecular formula is C21H18N4O2. The highest BCUT2D eigenvalue weighted by Crippen LogP contribution is 2.23. The standard InChI is InChI=1S/C21H18N4O2/c1-27-20-10-6-5-9-19(20)24-21(26)18(12-22)11-17-13-23-25(15-17)14-16-7-3-2-4-8-16/h2-11,13,15H,14H2,1H3,(H,24,26). The van der Waals surface area contributed by atoms with E-state index in [1.807, 2.05) is 36.4 Å². The molecule has 27 heavy (non-hydrogen) atoms. The molecule has 0 saturated heterocycles. The van der Waals surface area contributed by atoms with E-state index in [4.69, 9.17) is 4.74 Å². The van der Waals surface area contributed by atoms with E-state index >= 15 is 0 Å². The molecule has 0 bridgehead atoms. The van der Waals surface area contributed by atoms with E-state index in [-0.39, 0.29) is 5.57 Å². The third-order valence-electron chi connectivity index (χ3n) is 3.87. The van der Waals surface area contributed by atoms with Gasteiger partial charge in [-0.25, -0.2) is 0 Å². The number of carbonyl (C=O) groups is 1. The second-order valence-corrected chi connectivity index (χ2v) is 5.78. The molecule has 134 valence electrons. The lowest BCUT2D eigenvalue weighted by molar-refractivity contribution is -0.112. The Hall–Kier alpha value is -3.85. The van der Waals surface area contributed by atoms with Crippen LogP contribution in [-0.4, -0.2) is 22.8 Å². The molecule has 3 aromatic rings. The van der Waals surface area contributed by atoms with E-state index in [9.17, 15) is 10.1 Å². The number of benzene rings is 2. The monoisotopic (exact) mass is 358 g/mol. The van der Waals surface area contributed by atoms with Gasteiger partial charge in [-0.15, -0.1) is 0 Å². The van der Waals surface area contributed by atoms with Crippen LogP contribution in [0.3, 0.4) is 0 Å². The number of carbonyl (C=O) groups excluding carboxylic acids is 1. The maximum Gasteiger partial charge on any atom is 0.266 e. The van der Waals surface area contributed by atoms with E-state index in [0.29, 0.717) is 23.5 Å². The number of nitrogens with one attached hydrogen (secondary N) is 1. The number of nitriles is 1. The first kappa shape index (κ1) is 18.0. The molecule has 1 amide bonds. The van der Waals surface area contributed by atoms with Crippen molar-refractivity contribution in [3.05, 3.63) is 83.7 Å². The van der Waals surface area contributed by atoms with Crippen molar-refractivity contribution in [3.8, 4) is 11.8 Å². The van der Waals surface area contributed by atoms with Crippen LogP contribution in [0.4, 0.5) is 5.69 Å². The van der Waals surface area contributed by atoms with Crippen molar-refractivity contribution in [2.24, 2.45) is 0 Å². The zero-order chi connectivity index (χ0) is 19.1. The number of para-hydroxylation sites is 2. The number of anilines is 1. The highest BCUT2D eigenvalue weighted by Gasteiger charge is 2.12. The van der Waals surface area contributed by atoms with E-state index < -0.39 is 5.91 Å². The first-order valence-corrected chi connectivity index (χ1v) is 8.32. The second kappa shape index (κ2) is 8.50. The molecule has 6 nitrogen and oxygen atoms in total. The smallest absolute Gasteiger partial charge is 0.266 e. The first-order valence-electron chi connectivity index (χ1n) is 8.32. The van der Waals surface area contributed by atoms with Gasteiger partial charge < -0.3 is 10.1 Å². The van der Waals surface area contributed by atoms with Crippen LogP contribution in [0.15, 0.2) is 72.6 Å². The summed E-state index contributed by atoms with van der Waals surface area (Å²) in [5, 5.41) is 16.3. The van der Waals surface area contributed by atoms with Gasteiger partial charge in [0.25, 0.3) is 5.91 Å². The Kier molecular flexibility index (Phi) is 5.65. The number of methoxy groups -OCH3 is 1. The maximum absolute atomic E-state index is 12.4. The van der Waals surface area contributed by atoms with Crippen LogP contribution < -0.4 is 10.1 Å². The number of hydrogen-bond donors (Lipinski definition) is 1. The molecule has 0 aliphatic rings. The lowest BCUT2D eigenvalue weighted by Crippen LogP contribution is -2.14. The van der Waals surface area contributed by atoms with Crippen molar-refractivity contribution in [1.82, 2.24) is 9.78 Å². The minimum absolute atomic E-state index is 0.0137. The normalized spacial score (nSPS) is 10.9. The Labute approximate surface area is 157 Å². The largest absolute Gasteiger partial charge is 0.495 e. The first-order chi connectivity index (χ1) is 13.2. The van der Waals surface area contributed by atoms with E-state index in [1.165, 1.54) is 13.2 Å². The summed E-state index contributed by atoms with van der Waals surface area (Å²) in [7, 11) is 1.52. The number of hydrogen-bond acceptors (Lipinski definition) is 4. The highest BCUT2D eigenvalue weighted by atomic mass is 16.5. The summed E-state index contributed by atoms with van der Waals surface area (Å²) in [5.74, 6) is 0.0247. The van der Waals surface area contributed by atoms with Gasteiger partial charge in [-0.3, -0.25) is 9.48 Å². The number of ether oxygens (including phenoxy) is 1. The minimum Gasteiger partial charge on any atom is -0.495 e. The highest BCUT2D eigenvalue weighted by molar-refractivity contribution is 6.10.